The van der Waals surface area contributed by atoms with E-state index >= 15 is 0 Å². The Morgan fingerprint density at radius 1 is 0.871 bits per heavy atom. The summed E-state index contributed by atoms with van der Waals surface area (Å²) in [4.78, 5) is 32.3. The number of amides is 2. The van der Waals surface area contributed by atoms with Gasteiger partial charge in [-0.2, -0.15) is 0 Å². The van der Waals surface area contributed by atoms with Crippen molar-refractivity contribution in [3.63, 3.8) is 0 Å². The molecule has 3 heterocycles. The van der Waals surface area contributed by atoms with Gasteiger partial charge in [0.05, 0.1) is 0 Å². The Hall–Kier alpha value is -3.77. The number of fused-ring (bicyclic) bond motifs is 4. The number of hydrogen-bond donors (Lipinski definition) is 0. The first-order valence-electron chi connectivity index (χ1n) is 10.1. The van der Waals surface area contributed by atoms with E-state index in [0.29, 0.717) is 17.0 Å². The largest absolute Gasteiger partial charge is 0.438 e. The van der Waals surface area contributed by atoms with E-state index in [1.54, 1.807) is 24.3 Å². The average molecular weight is 410 g/mol. The molecule has 152 valence electrons. The van der Waals surface area contributed by atoms with Gasteiger partial charge in [0.15, 0.2) is 6.04 Å². The molecule has 0 aromatic heterocycles. The van der Waals surface area contributed by atoms with Crippen LogP contribution in [0.4, 0.5) is 0 Å². The number of aliphatic imine (C=N–C) groups is 1. The maximum Gasteiger partial charge on any atom is 0.268 e. The Bertz CT molecular complexity index is 1260. The highest BCUT2D eigenvalue weighted by molar-refractivity contribution is 6.13. The van der Waals surface area contributed by atoms with E-state index in [1.165, 1.54) is 7.05 Å². The van der Waals surface area contributed by atoms with Crippen molar-refractivity contribution in [2.24, 2.45) is 4.99 Å². The van der Waals surface area contributed by atoms with Gasteiger partial charge in [0.1, 0.15) is 0 Å². The third-order valence-corrected chi connectivity index (χ3v) is 6.23. The van der Waals surface area contributed by atoms with Crippen LogP contribution < -0.4 is 0 Å². The van der Waals surface area contributed by atoms with Gasteiger partial charge in [0, 0.05) is 29.3 Å². The van der Waals surface area contributed by atoms with Crippen LogP contribution in [0, 0.1) is 0 Å². The monoisotopic (exact) mass is 410 g/mol. The lowest BCUT2D eigenvalue weighted by molar-refractivity contribution is -0.366. The van der Waals surface area contributed by atoms with E-state index < -0.39 is 23.3 Å². The maximum atomic E-state index is 13.5. The van der Waals surface area contributed by atoms with Gasteiger partial charge in [-0.25, -0.2) is 4.99 Å². The summed E-state index contributed by atoms with van der Waals surface area (Å²) in [6.45, 7) is 0. The summed E-state index contributed by atoms with van der Waals surface area (Å²) in [6.07, 6.45) is 0. The summed E-state index contributed by atoms with van der Waals surface area (Å²) >= 11 is 0. The first kappa shape index (κ1) is 18.0. The summed E-state index contributed by atoms with van der Waals surface area (Å²) in [5, 5.41) is 0. The zero-order valence-electron chi connectivity index (χ0n) is 16.7. The number of likely N-dealkylation sites (N-methyl/N-ethyl adjacent to an activating group) is 1. The van der Waals surface area contributed by atoms with Gasteiger partial charge >= 0.3 is 0 Å². The average Bonchev–Trinajstić information content (AvgIpc) is 3.14. The lowest BCUT2D eigenvalue weighted by Crippen LogP contribution is -2.74. The normalized spacial score (nSPS) is 28.5. The van der Waals surface area contributed by atoms with Crippen LogP contribution >= 0.6 is 0 Å². The van der Waals surface area contributed by atoms with E-state index in [1.807, 2.05) is 60.7 Å². The number of imide groups is 1. The first-order chi connectivity index (χ1) is 15.1. The third-order valence-electron chi connectivity index (χ3n) is 6.23. The molecule has 0 aliphatic carbocycles. The molecule has 0 radical (unpaired) electrons. The third kappa shape index (κ3) is 2.17. The number of nitrogens with zero attached hydrogens (tertiary/aromatic N) is 2. The van der Waals surface area contributed by atoms with Crippen LogP contribution in [0.1, 0.15) is 27.0 Å². The fourth-order valence-corrected chi connectivity index (χ4v) is 4.75. The van der Waals surface area contributed by atoms with Crippen molar-refractivity contribution in [2.75, 3.05) is 7.05 Å². The number of rotatable bonds is 2. The molecule has 0 unspecified atom stereocenters. The van der Waals surface area contributed by atoms with Crippen LogP contribution in [-0.4, -0.2) is 35.7 Å². The van der Waals surface area contributed by atoms with Crippen molar-refractivity contribution in [1.29, 1.82) is 0 Å². The molecule has 1 spiro atoms. The van der Waals surface area contributed by atoms with Crippen LogP contribution in [0.2, 0.25) is 0 Å². The SMILES string of the molecule is CN1C(=O)c2ccccc2[C@@]2(O[C@@]3(c4ccccc4)OC(c4ccccc4)=N[C@H]32)C1=O. The Morgan fingerprint density at radius 2 is 1.52 bits per heavy atom. The van der Waals surface area contributed by atoms with E-state index in [9.17, 15) is 9.59 Å². The van der Waals surface area contributed by atoms with Gasteiger partial charge in [-0.15, -0.1) is 0 Å². The molecule has 1 fully saturated rings. The molecule has 2 amide bonds. The molecule has 0 N–H and O–H groups in total. The highest BCUT2D eigenvalue weighted by Gasteiger charge is 2.77. The van der Waals surface area contributed by atoms with E-state index in [-0.39, 0.29) is 5.91 Å². The number of ether oxygens (including phenoxy) is 2. The molecule has 3 aliphatic rings. The number of carbonyl (C=O) groups excluding carboxylic acids is 2. The highest BCUT2D eigenvalue weighted by Crippen LogP contribution is 2.61. The minimum atomic E-state index is -1.42. The molecule has 3 aromatic rings. The lowest BCUT2D eigenvalue weighted by Gasteiger charge is -2.57. The van der Waals surface area contributed by atoms with Crippen molar-refractivity contribution >= 4 is 17.7 Å². The minimum Gasteiger partial charge on any atom is -0.438 e. The predicted octanol–water partition coefficient (Wildman–Crippen LogP) is 3.22. The molecule has 31 heavy (non-hydrogen) atoms. The number of hydrogen-bond acceptors (Lipinski definition) is 5. The van der Waals surface area contributed by atoms with Crippen LogP contribution in [0.3, 0.4) is 0 Å². The summed E-state index contributed by atoms with van der Waals surface area (Å²) in [6, 6.07) is 25.4. The molecule has 0 bridgehead atoms. The van der Waals surface area contributed by atoms with Gasteiger partial charge in [-0.1, -0.05) is 66.7 Å². The van der Waals surface area contributed by atoms with Gasteiger partial charge in [0.2, 0.25) is 11.5 Å². The van der Waals surface area contributed by atoms with Gasteiger partial charge in [0.25, 0.3) is 17.6 Å². The van der Waals surface area contributed by atoms with E-state index in [4.69, 9.17) is 14.5 Å². The molecular formula is C25H18N2O4. The van der Waals surface area contributed by atoms with Crippen LogP contribution in [0.15, 0.2) is 89.9 Å². The zero-order valence-corrected chi connectivity index (χ0v) is 16.7. The Balaban J connectivity index is 1.57. The molecule has 3 aromatic carbocycles. The molecule has 3 aliphatic heterocycles. The molecule has 6 rings (SSSR count). The zero-order chi connectivity index (χ0) is 21.2. The minimum absolute atomic E-state index is 0.349. The van der Waals surface area contributed by atoms with E-state index in [0.717, 1.165) is 16.0 Å². The Kier molecular flexibility index (Phi) is 3.56. The number of benzene rings is 3. The fraction of sp³-hybridized carbons (Fsp3) is 0.160. The standard InChI is InChI=1S/C25H18N2O4/c1-27-21(28)18-14-8-9-15-19(18)24(23(27)29)22-25(31-24,17-12-6-3-7-13-17)30-20(26-22)16-10-4-2-5-11-16/h2-15,22H,1H3/t22-,24-,25+/m0/s1. The molecule has 6 heteroatoms. The van der Waals surface area contributed by atoms with Crippen LogP contribution in [0.5, 0.6) is 0 Å². The van der Waals surface area contributed by atoms with Crippen LogP contribution in [0.25, 0.3) is 0 Å². The summed E-state index contributed by atoms with van der Waals surface area (Å²) < 4.78 is 12.8. The fourth-order valence-electron chi connectivity index (χ4n) is 4.75. The van der Waals surface area contributed by atoms with E-state index in [2.05, 4.69) is 0 Å². The maximum absolute atomic E-state index is 13.5. The molecule has 1 saturated heterocycles. The smallest absolute Gasteiger partial charge is 0.268 e. The second kappa shape index (κ2) is 6.12. The summed E-state index contributed by atoms with van der Waals surface area (Å²) in [5.74, 6) is -1.61. The topological polar surface area (TPSA) is 68.2 Å². The van der Waals surface area contributed by atoms with Crippen molar-refractivity contribution in [3.8, 4) is 0 Å². The van der Waals surface area contributed by atoms with Crippen molar-refractivity contribution in [2.45, 2.75) is 17.4 Å². The van der Waals surface area contributed by atoms with Crippen LogP contribution in [-0.2, 0) is 25.7 Å². The number of carbonyl (C=O) groups is 2. The molecule has 3 atom stereocenters. The Labute approximate surface area is 178 Å². The molecule has 0 saturated carbocycles. The lowest BCUT2D eigenvalue weighted by atomic mass is 9.69. The summed E-state index contributed by atoms with van der Waals surface area (Å²) in [7, 11) is 1.48. The summed E-state index contributed by atoms with van der Waals surface area (Å²) in [5.41, 5.74) is 1.11. The predicted molar refractivity (Wildman–Crippen MR) is 112 cm³/mol. The quantitative estimate of drug-likeness (QED) is 0.609. The van der Waals surface area contributed by atoms with Crippen molar-refractivity contribution in [1.82, 2.24) is 4.90 Å². The molecular weight excluding hydrogens is 392 g/mol. The second-order valence-electron chi connectivity index (χ2n) is 7.89. The van der Waals surface area contributed by atoms with Gasteiger partial charge in [-0.3, -0.25) is 14.5 Å². The second-order valence-corrected chi connectivity index (χ2v) is 7.89. The molecule has 6 nitrogen and oxygen atoms in total. The van der Waals surface area contributed by atoms with Gasteiger partial charge in [-0.05, 0) is 18.2 Å². The first-order valence-corrected chi connectivity index (χ1v) is 10.1. The van der Waals surface area contributed by atoms with Crippen molar-refractivity contribution in [3.05, 3.63) is 107 Å². The van der Waals surface area contributed by atoms with Gasteiger partial charge < -0.3 is 9.47 Å². The van der Waals surface area contributed by atoms with Crippen molar-refractivity contribution < 1.29 is 19.1 Å². The Morgan fingerprint density at radius 3 is 2.26 bits per heavy atom. The highest BCUT2D eigenvalue weighted by atomic mass is 16.8.